The SMILES string of the molecule is NNC(=O)Nc1ccc(N(CCCl)CCCl)c(-c2cc(-c3cccc(Cl)c3)nc3ccccc23)c1. The van der Waals surface area contributed by atoms with Gasteiger partial charge in [0.2, 0.25) is 0 Å². The molecule has 0 saturated heterocycles. The summed E-state index contributed by atoms with van der Waals surface area (Å²) >= 11 is 18.5. The zero-order valence-electron chi connectivity index (χ0n) is 18.8. The normalized spacial score (nSPS) is 10.9. The number of nitrogens with zero attached hydrogens (tertiary/aromatic N) is 2. The molecule has 0 aliphatic rings. The number of rotatable bonds is 8. The predicted molar refractivity (Wildman–Crippen MR) is 148 cm³/mol. The quantitative estimate of drug-likeness (QED) is 0.105. The molecule has 0 bridgehead atoms. The lowest BCUT2D eigenvalue weighted by Gasteiger charge is -2.27. The second kappa shape index (κ2) is 11.6. The van der Waals surface area contributed by atoms with Gasteiger partial charge in [0.05, 0.1) is 11.2 Å². The van der Waals surface area contributed by atoms with Gasteiger partial charge in [-0.25, -0.2) is 15.6 Å². The highest BCUT2D eigenvalue weighted by Gasteiger charge is 2.18. The monoisotopic (exact) mass is 527 g/mol. The number of benzene rings is 3. The number of aromatic nitrogens is 1. The van der Waals surface area contributed by atoms with Crippen molar-refractivity contribution in [2.24, 2.45) is 5.84 Å². The number of carbonyl (C=O) groups excluding carboxylic acids is 1. The van der Waals surface area contributed by atoms with Gasteiger partial charge in [0.25, 0.3) is 0 Å². The highest BCUT2D eigenvalue weighted by Crippen LogP contribution is 2.39. The molecule has 0 fully saturated rings. The molecule has 0 unspecified atom stereocenters. The molecule has 4 aromatic rings. The summed E-state index contributed by atoms with van der Waals surface area (Å²) in [6.45, 7) is 1.23. The van der Waals surface area contributed by atoms with Crippen LogP contribution >= 0.6 is 34.8 Å². The Bertz CT molecular complexity index is 1340. The smallest absolute Gasteiger partial charge is 0.333 e. The molecule has 0 aliphatic carbocycles. The lowest BCUT2D eigenvalue weighted by atomic mass is 9.96. The zero-order valence-corrected chi connectivity index (χ0v) is 21.0. The number of para-hydroxylation sites is 1. The second-order valence-corrected chi connectivity index (χ2v) is 8.97. The number of fused-ring (bicyclic) bond motifs is 1. The highest BCUT2D eigenvalue weighted by atomic mass is 35.5. The number of carbonyl (C=O) groups is 1. The predicted octanol–water partition coefficient (Wildman–Crippen LogP) is 6.50. The minimum atomic E-state index is -0.513. The van der Waals surface area contributed by atoms with Crippen LogP contribution in [-0.2, 0) is 0 Å². The van der Waals surface area contributed by atoms with Gasteiger partial charge in [-0.15, -0.1) is 23.2 Å². The number of urea groups is 1. The van der Waals surface area contributed by atoms with E-state index in [-0.39, 0.29) is 0 Å². The molecule has 2 amide bonds. The largest absolute Gasteiger partial charge is 0.369 e. The van der Waals surface area contributed by atoms with Gasteiger partial charge >= 0.3 is 6.03 Å². The summed E-state index contributed by atoms with van der Waals surface area (Å²) in [5.41, 5.74) is 8.01. The highest BCUT2D eigenvalue weighted by molar-refractivity contribution is 6.30. The molecule has 0 radical (unpaired) electrons. The topological polar surface area (TPSA) is 83.3 Å². The van der Waals surface area contributed by atoms with Crippen molar-refractivity contribution in [1.82, 2.24) is 10.4 Å². The lowest BCUT2D eigenvalue weighted by molar-refractivity contribution is 0.252. The van der Waals surface area contributed by atoms with Gasteiger partial charge in [0, 0.05) is 57.8 Å². The van der Waals surface area contributed by atoms with Crippen LogP contribution in [0.4, 0.5) is 16.2 Å². The Labute approximate surface area is 219 Å². The average molecular weight is 529 g/mol. The molecular weight excluding hydrogens is 505 g/mol. The first-order valence-corrected chi connectivity index (χ1v) is 12.4. The Morgan fingerprint density at radius 2 is 1.69 bits per heavy atom. The number of hydrogen-bond donors (Lipinski definition) is 3. The van der Waals surface area contributed by atoms with E-state index in [2.05, 4.69) is 15.6 Å². The van der Waals surface area contributed by atoms with Gasteiger partial charge in [-0.2, -0.15) is 0 Å². The van der Waals surface area contributed by atoms with Crippen LogP contribution in [0.3, 0.4) is 0 Å². The summed E-state index contributed by atoms with van der Waals surface area (Å²) in [5.74, 6) is 6.16. The maximum atomic E-state index is 11.9. The molecule has 6 nitrogen and oxygen atoms in total. The second-order valence-electron chi connectivity index (χ2n) is 7.78. The minimum absolute atomic E-state index is 0.441. The van der Waals surface area contributed by atoms with Crippen LogP contribution in [0.25, 0.3) is 33.3 Å². The van der Waals surface area contributed by atoms with Crippen molar-refractivity contribution in [3.05, 3.63) is 77.8 Å². The molecule has 180 valence electrons. The number of pyridine rings is 1. The Hall–Kier alpha value is -3.03. The molecule has 9 heteroatoms. The van der Waals surface area contributed by atoms with Crippen LogP contribution in [-0.4, -0.2) is 35.9 Å². The third-order valence-corrected chi connectivity index (χ3v) is 6.13. The third-order valence-electron chi connectivity index (χ3n) is 5.56. The molecule has 0 spiro atoms. The number of hydrazine groups is 1. The van der Waals surface area contributed by atoms with E-state index in [9.17, 15) is 4.79 Å². The fourth-order valence-electron chi connectivity index (χ4n) is 4.02. The first-order chi connectivity index (χ1) is 17.0. The summed E-state index contributed by atoms with van der Waals surface area (Å²) in [6.07, 6.45) is 0. The first kappa shape index (κ1) is 25.1. The van der Waals surface area contributed by atoms with Crippen molar-refractivity contribution in [3.63, 3.8) is 0 Å². The van der Waals surface area contributed by atoms with E-state index in [0.717, 1.165) is 39.0 Å². The number of nitrogens with two attached hydrogens (primary N) is 1. The summed E-state index contributed by atoms with van der Waals surface area (Å²) < 4.78 is 0. The minimum Gasteiger partial charge on any atom is -0.369 e. The zero-order chi connectivity index (χ0) is 24.8. The molecule has 1 heterocycles. The van der Waals surface area contributed by atoms with Crippen LogP contribution in [0.5, 0.6) is 0 Å². The molecule has 0 aliphatic heterocycles. The van der Waals surface area contributed by atoms with Crippen molar-refractivity contribution in [2.45, 2.75) is 0 Å². The van der Waals surface area contributed by atoms with Crippen molar-refractivity contribution in [3.8, 4) is 22.4 Å². The average Bonchev–Trinajstić information content (AvgIpc) is 2.88. The van der Waals surface area contributed by atoms with Gasteiger partial charge in [-0.05, 0) is 48.0 Å². The molecular formula is C26H24Cl3N5O. The number of amides is 2. The van der Waals surface area contributed by atoms with Crippen molar-refractivity contribution in [1.29, 1.82) is 0 Å². The van der Waals surface area contributed by atoms with Gasteiger partial charge < -0.3 is 10.2 Å². The van der Waals surface area contributed by atoms with E-state index in [1.54, 1.807) is 0 Å². The molecule has 0 atom stereocenters. The van der Waals surface area contributed by atoms with E-state index in [1.165, 1.54) is 0 Å². The van der Waals surface area contributed by atoms with Crippen LogP contribution in [0.2, 0.25) is 5.02 Å². The van der Waals surface area contributed by atoms with E-state index < -0.39 is 6.03 Å². The number of hydrogen-bond acceptors (Lipinski definition) is 4. The van der Waals surface area contributed by atoms with Crippen molar-refractivity contribution >= 4 is 63.1 Å². The summed E-state index contributed by atoms with van der Waals surface area (Å²) in [6, 6.07) is 22.8. The van der Waals surface area contributed by atoms with E-state index in [0.29, 0.717) is 35.6 Å². The van der Waals surface area contributed by atoms with E-state index in [1.807, 2.05) is 72.8 Å². The maximum Gasteiger partial charge on any atom is 0.333 e. The fourth-order valence-corrected chi connectivity index (χ4v) is 4.62. The number of nitrogens with one attached hydrogen (secondary N) is 2. The first-order valence-electron chi connectivity index (χ1n) is 11.0. The number of alkyl halides is 2. The molecule has 4 rings (SSSR count). The third kappa shape index (κ3) is 5.80. The summed E-state index contributed by atoms with van der Waals surface area (Å²) in [7, 11) is 0. The maximum absolute atomic E-state index is 11.9. The molecule has 1 aromatic heterocycles. The standard InChI is InChI=1S/C26H24Cl3N5O/c27-10-12-34(13-11-28)25-9-8-19(31-26(35)33-30)15-22(25)21-16-24(17-4-3-5-18(29)14-17)32-23-7-2-1-6-20(21)23/h1-9,14-16H,10-13,30H2,(H2,31,33,35). The van der Waals surface area contributed by atoms with Gasteiger partial charge in [-0.1, -0.05) is 41.9 Å². The Balaban J connectivity index is 1.98. The van der Waals surface area contributed by atoms with E-state index >= 15 is 0 Å². The van der Waals surface area contributed by atoms with Gasteiger partial charge in [-0.3, -0.25) is 5.43 Å². The Kier molecular flexibility index (Phi) is 8.31. The van der Waals surface area contributed by atoms with Crippen molar-refractivity contribution < 1.29 is 4.79 Å². The van der Waals surface area contributed by atoms with Crippen LogP contribution in [0.1, 0.15) is 0 Å². The van der Waals surface area contributed by atoms with Crippen LogP contribution in [0.15, 0.2) is 72.8 Å². The molecule has 4 N–H and O–H groups in total. The Morgan fingerprint density at radius 3 is 2.40 bits per heavy atom. The summed E-state index contributed by atoms with van der Waals surface area (Å²) in [4.78, 5) is 18.9. The molecule has 35 heavy (non-hydrogen) atoms. The van der Waals surface area contributed by atoms with Crippen LogP contribution < -0.4 is 21.5 Å². The van der Waals surface area contributed by atoms with Crippen LogP contribution in [0, 0.1) is 0 Å². The molecule has 3 aromatic carbocycles. The fraction of sp³-hybridized carbons (Fsp3) is 0.154. The van der Waals surface area contributed by atoms with Gasteiger partial charge in [0.15, 0.2) is 0 Å². The molecule has 0 saturated carbocycles. The number of halogens is 3. The van der Waals surface area contributed by atoms with Crippen molar-refractivity contribution in [2.75, 3.05) is 35.1 Å². The summed E-state index contributed by atoms with van der Waals surface area (Å²) in [5, 5.41) is 4.36. The Morgan fingerprint density at radius 1 is 0.914 bits per heavy atom. The number of anilines is 2. The lowest BCUT2D eigenvalue weighted by Crippen LogP contribution is -2.34. The van der Waals surface area contributed by atoms with Gasteiger partial charge in [0.1, 0.15) is 0 Å². The van der Waals surface area contributed by atoms with E-state index in [4.69, 9.17) is 45.6 Å².